The molecule has 0 N–H and O–H groups in total. The predicted molar refractivity (Wildman–Crippen MR) is 76.3 cm³/mol. The molecule has 1 fully saturated rings. The molecule has 0 unspecified atom stereocenters. The maximum absolute atomic E-state index is 12.6. The predicted octanol–water partition coefficient (Wildman–Crippen LogP) is 2.03. The van der Waals surface area contributed by atoms with Crippen LogP contribution in [0.25, 0.3) is 10.9 Å². The molecule has 0 spiro atoms. The Balaban J connectivity index is 2.11. The average molecular weight is 295 g/mol. The Kier molecular flexibility index (Phi) is 3.74. The van der Waals surface area contributed by atoms with Crippen LogP contribution in [-0.4, -0.2) is 36.0 Å². The topological polar surface area (TPSA) is 53.4 Å². The molecule has 1 aromatic heterocycles. The third-order valence-corrected chi connectivity index (χ3v) is 3.90. The lowest BCUT2D eigenvalue weighted by atomic mass is 10.1. The number of benzene rings is 1. The van der Waals surface area contributed by atoms with Crippen molar-refractivity contribution in [2.75, 3.05) is 20.3 Å². The molecule has 1 aromatic carbocycles. The van der Waals surface area contributed by atoms with E-state index in [-0.39, 0.29) is 17.7 Å². The van der Waals surface area contributed by atoms with Gasteiger partial charge in [0, 0.05) is 18.7 Å². The maximum atomic E-state index is 12.6. The van der Waals surface area contributed by atoms with Gasteiger partial charge in [0.05, 0.1) is 36.0 Å². The summed E-state index contributed by atoms with van der Waals surface area (Å²) >= 11 is 5.96. The van der Waals surface area contributed by atoms with Crippen molar-refractivity contribution in [1.82, 2.24) is 9.55 Å². The summed E-state index contributed by atoms with van der Waals surface area (Å²) in [6, 6.07) is 4.96. The molecule has 1 aliphatic rings. The van der Waals surface area contributed by atoms with Crippen LogP contribution in [0.4, 0.5) is 0 Å². The van der Waals surface area contributed by atoms with E-state index in [1.807, 2.05) is 0 Å². The van der Waals surface area contributed by atoms with Crippen molar-refractivity contribution in [3.63, 3.8) is 0 Å². The molecule has 0 radical (unpaired) electrons. The summed E-state index contributed by atoms with van der Waals surface area (Å²) in [5, 5.41) is 1.04. The van der Waals surface area contributed by atoms with Gasteiger partial charge in [-0.2, -0.15) is 0 Å². The summed E-state index contributed by atoms with van der Waals surface area (Å²) in [4.78, 5) is 16.9. The third-order valence-electron chi connectivity index (χ3n) is 3.67. The Hall–Kier alpha value is -1.43. The molecule has 6 heteroatoms. The molecule has 0 bridgehead atoms. The fourth-order valence-corrected chi connectivity index (χ4v) is 2.75. The molecule has 20 heavy (non-hydrogen) atoms. The van der Waals surface area contributed by atoms with Gasteiger partial charge in [-0.25, -0.2) is 4.98 Å². The van der Waals surface area contributed by atoms with Crippen LogP contribution in [0, 0.1) is 0 Å². The number of ether oxygens (including phenoxy) is 2. The first-order valence-electron chi connectivity index (χ1n) is 6.47. The first-order valence-corrected chi connectivity index (χ1v) is 6.85. The number of fused-ring (bicyclic) bond motifs is 1. The van der Waals surface area contributed by atoms with E-state index in [0.29, 0.717) is 29.1 Å². The van der Waals surface area contributed by atoms with Gasteiger partial charge in [0.25, 0.3) is 5.56 Å². The van der Waals surface area contributed by atoms with Crippen LogP contribution in [0.5, 0.6) is 0 Å². The van der Waals surface area contributed by atoms with Crippen LogP contribution < -0.4 is 5.56 Å². The van der Waals surface area contributed by atoms with Gasteiger partial charge < -0.3 is 9.47 Å². The van der Waals surface area contributed by atoms with Gasteiger partial charge in [0.2, 0.25) is 0 Å². The van der Waals surface area contributed by atoms with E-state index in [4.69, 9.17) is 21.1 Å². The SMILES string of the molecule is CO[C@@H]1CCOC[C@H]1n1cnc2ccc(Cl)cc2c1=O. The van der Waals surface area contributed by atoms with Gasteiger partial charge in [0.15, 0.2) is 0 Å². The Labute approximate surface area is 121 Å². The van der Waals surface area contributed by atoms with Crippen molar-refractivity contribution in [2.45, 2.75) is 18.6 Å². The molecule has 0 saturated carbocycles. The molecule has 1 aliphatic heterocycles. The van der Waals surface area contributed by atoms with Crippen molar-refractivity contribution in [3.05, 3.63) is 39.9 Å². The minimum atomic E-state index is -0.155. The van der Waals surface area contributed by atoms with Crippen LogP contribution >= 0.6 is 11.6 Å². The van der Waals surface area contributed by atoms with Crippen LogP contribution in [0.3, 0.4) is 0 Å². The second-order valence-electron chi connectivity index (χ2n) is 4.82. The summed E-state index contributed by atoms with van der Waals surface area (Å²) < 4.78 is 12.5. The largest absolute Gasteiger partial charge is 0.379 e. The fourth-order valence-electron chi connectivity index (χ4n) is 2.58. The summed E-state index contributed by atoms with van der Waals surface area (Å²) in [5.41, 5.74) is 0.524. The molecule has 0 aliphatic carbocycles. The number of methoxy groups -OCH3 is 1. The van der Waals surface area contributed by atoms with Crippen LogP contribution in [0.15, 0.2) is 29.3 Å². The van der Waals surface area contributed by atoms with Gasteiger partial charge in [-0.3, -0.25) is 9.36 Å². The molecular weight excluding hydrogens is 280 g/mol. The van der Waals surface area contributed by atoms with Crippen LogP contribution in [0.2, 0.25) is 5.02 Å². The molecular formula is C14H15ClN2O3. The summed E-state index contributed by atoms with van der Waals surface area (Å²) in [6.45, 7) is 1.10. The zero-order valence-electron chi connectivity index (χ0n) is 11.1. The number of aromatic nitrogens is 2. The number of hydrogen-bond acceptors (Lipinski definition) is 4. The molecule has 3 rings (SSSR count). The molecule has 1 saturated heterocycles. The summed E-state index contributed by atoms with van der Waals surface area (Å²) in [6.07, 6.45) is 2.28. The van der Waals surface area contributed by atoms with E-state index in [1.54, 1.807) is 36.2 Å². The third kappa shape index (κ3) is 2.32. The van der Waals surface area contributed by atoms with E-state index in [0.717, 1.165) is 6.42 Å². The van der Waals surface area contributed by atoms with Gasteiger partial charge in [-0.05, 0) is 24.6 Å². The highest BCUT2D eigenvalue weighted by atomic mass is 35.5. The Morgan fingerprint density at radius 2 is 2.35 bits per heavy atom. The Morgan fingerprint density at radius 1 is 1.50 bits per heavy atom. The van der Waals surface area contributed by atoms with Gasteiger partial charge >= 0.3 is 0 Å². The Bertz CT molecular complexity index is 686. The molecule has 2 aromatic rings. The Morgan fingerprint density at radius 3 is 3.15 bits per heavy atom. The molecule has 106 valence electrons. The molecule has 2 atom stereocenters. The summed E-state index contributed by atoms with van der Waals surface area (Å²) in [7, 11) is 1.65. The van der Waals surface area contributed by atoms with Crippen molar-refractivity contribution >= 4 is 22.5 Å². The van der Waals surface area contributed by atoms with Crippen LogP contribution in [0.1, 0.15) is 12.5 Å². The first kappa shape index (κ1) is 13.5. The second kappa shape index (κ2) is 5.52. The highest BCUT2D eigenvalue weighted by Gasteiger charge is 2.28. The van der Waals surface area contributed by atoms with Crippen molar-refractivity contribution in [1.29, 1.82) is 0 Å². The monoisotopic (exact) mass is 294 g/mol. The quantitative estimate of drug-likeness (QED) is 0.850. The number of halogens is 1. The number of rotatable bonds is 2. The fraction of sp³-hybridized carbons (Fsp3) is 0.429. The van der Waals surface area contributed by atoms with Gasteiger partial charge in [-0.15, -0.1) is 0 Å². The van der Waals surface area contributed by atoms with E-state index < -0.39 is 0 Å². The highest BCUT2D eigenvalue weighted by molar-refractivity contribution is 6.31. The van der Waals surface area contributed by atoms with Crippen LogP contribution in [-0.2, 0) is 9.47 Å². The highest BCUT2D eigenvalue weighted by Crippen LogP contribution is 2.22. The second-order valence-corrected chi connectivity index (χ2v) is 5.26. The van der Waals surface area contributed by atoms with E-state index in [9.17, 15) is 4.79 Å². The zero-order chi connectivity index (χ0) is 14.1. The average Bonchev–Trinajstić information content (AvgIpc) is 2.48. The normalized spacial score (nSPS) is 23.1. The van der Waals surface area contributed by atoms with E-state index in [1.165, 1.54) is 0 Å². The summed E-state index contributed by atoms with van der Waals surface area (Å²) in [5.74, 6) is 0. The first-order chi connectivity index (χ1) is 9.70. The molecule has 0 amide bonds. The molecule has 2 heterocycles. The lowest BCUT2D eigenvalue weighted by molar-refractivity contribution is -0.0508. The minimum Gasteiger partial charge on any atom is -0.379 e. The standard InChI is InChI=1S/C14H15ClN2O3/c1-19-13-4-5-20-7-12(13)17-8-16-11-3-2-9(15)6-10(11)14(17)18/h2-3,6,8,12-13H,4-5,7H2,1H3/t12-,13-/m1/s1. The zero-order valence-corrected chi connectivity index (χ0v) is 11.8. The maximum Gasteiger partial charge on any atom is 0.261 e. The van der Waals surface area contributed by atoms with Crippen molar-refractivity contribution < 1.29 is 9.47 Å². The van der Waals surface area contributed by atoms with E-state index >= 15 is 0 Å². The van der Waals surface area contributed by atoms with Gasteiger partial charge in [-0.1, -0.05) is 11.6 Å². The lowest BCUT2D eigenvalue weighted by Gasteiger charge is -2.31. The van der Waals surface area contributed by atoms with Gasteiger partial charge in [0.1, 0.15) is 0 Å². The molecule has 5 nitrogen and oxygen atoms in total. The number of nitrogens with zero attached hydrogens (tertiary/aromatic N) is 2. The minimum absolute atomic E-state index is 0.0418. The van der Waals surface area contributed by atoms with E-state index in [2.05, 4.69) is 4.98 Å². The number of hydrogen-bond donors (Lipinski definition) is 0. The lowest BCUT2D eigenvalue weighted by Crippen LogP contribution is -2.40. The van der Waals surface area contributed by atoms with Crippen molar-refractivity contribution in [2.24, 2.45) is 0 Å². The smallest absolute Gasteiger partial charge is 0.261 e. The van der Waals surface area contributed by atoms with Crippen molar-refractivity contribution in [3.8, 4) is 0 Å².